The van der Waals surface area contributed by atoms with E-state index in [9.17, 15) is 0 Å². The second kappa shape index (κ2) is 7.10. The standard InChI is InChI=1S/C24H27N3O/c1-3-26(4-2)12-13-27-22-10-9-18(19-15-25-28-16-19)14-21(22)24-20-7-5-6-17(20)8-11-23(24)27/h8-11,14-16H,3-7,12-13H2,1-2H3. The highest BCUT2D eigenvalue weighted by Crippen LogP contribution is 2.38. The van der Waals surface area contributed by atoms with Crippen molar-refractivity contribution >= 4 is 21.8 Å². The molecular formula is C24H27N3O. The maximum absolute atomic E-state index is 5.08. The molecule has 0 spiro atoms. The van der Waals surface area contributed by atoms with Gasteiger partial charge in [-0.1, -0.05) is 31.1 Å². The first-order chi connectivity index (χ1) is 13.8. The summed E-state index contributed by atoms with van der Waals surface area (Å²) < 4.78 is 7.60. The summed E-state index contributed by atoms with van der Waals surface area (Å²) in [5.74, 6) is 0. The minimum absolute atomic E-state index is 1.02. The molecule has 0 N–H and O–H groups in total. The fourth-order valence-electron chi connectivity index (χ4n) is 4.83. The summed E-state index contributed by atoms with van der Waals surface area (Å²) in [5, 5.41) is 6.71. The quantitative estimate of drug-likeness (QED) is 0.461. The molecule has 28 heavy (non-hydrogen) atoms. The van der Waals surface area contributed by atoms with Crippen molar-refractivity contribution in [2.24, 2.45) is 0 Å². The summed E-state index contributed by atoms with van der Waals surface area (Å²) in [5.41, 5.74) is 8.02. The average Bonchev–Trinajstić information content (AvgIpc) is 3.47. The molecule has 144 valence electrons. The molecule has 0 fully saturated rings. The van der Waals surface area contributed by atoms with Gasteiger partial charge in [0.05, 0.1) is 6.20 Å². The molecule has 2 aromatic heterocycles. The van der Waals surface area contributed by atoms with Gasteiger partial charge in [0.15, 0.2) is 0 Å². The summed E-state index contributed by atoms with van der Waals surface area (Å²) in [6, 6.07) is 11.5. The maximum atomic E-state index is 5.08. The van der Waals surface area contributed by atoms with E-state index in [-0.39, 0.29) is 0 Å². The molecule has 2 heterocycles. The number of likely N-dealkylation sites (N-methyl/N-ethyl adjacent to an activating group) is 1. The summed E-state index contributed by atoms with van der Waals surface area (Å²) in [7, 11) is 0. The van der Waals surface area contributed by atoms with Gasteiger partial charge >= 0.3 is 0 Å². The van der Waals surface area contributed by atoms with Gasteiger partial charge in [0.1, 0.15) is 6.26 Å². The van der Waals surface area contributed by atoms with Crippen LogP contribution in [0.1, 0.15) is 31.4 Å². The topological polar surface area (TPSA) is 34.2 Å². The van der Waals surface area contributed by atoms with Gasteiger partial charge in [-0.2, -0.15) is 0 Å². The molecule has 1 aliphatic carbocycles. The molecule has 0 aliphatic heterocycles. The highest BCUT2D eigenvalue weighted by molar-refractivity contribution is 6.11. The third kappa shape index (κ3) is 2.75. The van der Waals surface area contributed by atoms with Gasteiger partial charge in [0.2, 0.25) is 0 Å². The van der Waals surface area contributed by atoms with Gasteiger partial charge in [-0.25, -0.2) is 0 Å². The van der Waals surface area contributed by atoms with Crippen LogP contribution < -0.4 is 0 Å². The Labute approximate surface area is 165 Å². The Morgan fingerprint density at radius 3 is 2.68 bits per heavy atom. The van der Waals surface area contributed by atoms with Crippen LogP contribution in [0.3, 0.4) is 0 Å². The molecule has 0 amide bonds. The Hall–Kier alpha value is -2.59. The number of hydrogen-bond donors (Lipinski definition) is 0. The number of aryl methyl sites for hydroxylation is 2. The summed E-state index contributed by atoms with van der Waals surface area (Å²) >= 11 is 0. The van der Waals surface area contributed by atoms with Gasteiger partial charge in [-0.15, -0.1) is 0 Å². The van der Waals surface area contributed by atoms with Crippen molar-refractivity contribution in [2.45, 2.75) is 39.7 Å². The second-order valence-electron chi connectivity index (χ2n) is 7.77. The molecular weight excluding hydrogens is 346 g/mol. The van der Waals surface area contributed by atoms with E-state index >= 15 is 0 Å². The van der Waals surface area contributed by atoms with Crippen molar-refractivity contribution in [1.29, 1.82) is 0 Å². The number of nitrogens with zero attached hydrogens (tertiary/aromatic N) is 3. The van der Waals surface area contributed by atoms with Crippen LogP contribution in [-0.2, 0) is 19.4 Å². The zero-order chi connectivity index (χ0) is 19.1. The predicted molar refractivity (Wildman–Crippen MR) is 115 cm³/mol. The maximum Gasteiger partial charge on any atom is 0.131 e. The van der Waals surface area contributed by atoms with Crippen LogP contribution in [-0.4, -0.2) is 34.3 Å². The fraction of sp³-hybridized carbons (Fsp3) is 0.375. The molecule has 5 rings (SSSR count). The number of hydrogen-bond acceptors (Lipinski definition) is 3. The highest BCUT2D eigenvalue weighted by Gasteiger charge is 2.20. The van der Waals surface area contributed by atoms with Crippen LogP contribution >= 0.6 is 0 Å². The van der Waals surface area contributed by atoms with E-state index in [0.717, 1.165) is 31.7 Å². The van der Waals surface area contributed by atoms with E-state index in [1.54, 1.807) is 18.0 Å². The first-order valence-electron chi connectivity index (χ1n) is 10.5. The van der Waals surface area contributed by atoms with Crippen LogP contribution in [0.15, 0.2) is 47.3 Å². The minimum Gasteiger partial charge on any atom is -0.364 e. The van der Waals surface area contributed by atoms with E-state index in [0.29, 0.717) is 0 Å². The van der Waals surface area contributed by atoms with Gasteiger partial charge in [0.25, 0.3) is 0 Å². The number of fused-ring (bicyclic) bond motifs is 5. The molecule has 0 saturated heterocycles. The van der Waals surface area contributed by atoms with E-state index in [1.165, 1.54) is 52.2 Å². The largest absolute Gasteiger partial charge is 0.364 e. The van der Waals surface area contributed by atoms with Crippen LogP contribution in [0.2, 0.25) is 0 Å². The number of aromatic nitrogens is 2. The lowest BCUT2D eigenvalue weighted by Crippen LogP contribution is -2.26. The zero-order valence-electron chi connectivity index (χ0n) is 16.7. The Kier molecular flexibility index (Phi) is 4.44. The van der Waals surface area contributed by atoms with Crippen molar-refractivity contribution in [3.63, 3.8) is 0 Å². The molecule has 0 atom stereocenters. The molecule has 0 radical (unpaired) electrons. The van der Waals surface area contributed by atoms with Gasteiger partial charge < -0.3 is 14.0 Å². The van der Waals surface area contributed by atoms with E-state index in [4.69, 9.17) is 4.52 Å². The fourth-order valence-corrected chi connectivity index (χ4v) is 4.83. The molecule has 0 bridgehead atoms. The second-order valence-corrected chi connectivity index (χ2v) is 7.77. The summed E-state index contributed by atoms with van der Waals surface area (Å²) in [4.78, 5) is 2.50. The van der Waals surface area contributed by atoms with Crippen LogP contribution in [0, 0.1) is 0 Å². The highest BCUT2D eigenvalue weighted by atomic mass is 16.5. The molecule has 1 aliphatic rings. The third-order valence-corrected chi connectivity index (χ3v) is 6.41. The van der Waals surface area contributed by atoms with Crippen molar-refractivity contribution in [1.82, 2.24) is 14.6 Å². The van der Waals surface area contributed by atoms with Gasteiger partial charge in [-0.05, 0) is 67.2 Å². The van der Waals surface area contributed by atoms with Gasteiger partial charge in [-0.3, -0.25) is 0 Å². The van der Waals surface area contributed by atoms with Crippen molar-refractivity contribution in [3.05, 3.63) is 53.9 Å². The lowest BCUT2D eigenvalue weighted by molar-refractivity contribution is 0.293. The SMILES string of the molecule is CCN(CC)CCn1c2ccc(-c3cnoc3)cc2c2c3c(ccc21)CCC3. The molecule has 0 saturated carbocycles. The lowest BCUT2D eigenvalue weighted by Gasteiger charge is -2.19. The normalized spacial score (nSPS) is 13.8. The Morgan fingerprint density at radius 2 is 1.89 bits per heavy atom. The average molecular weight is 374 g/mol. The summed E-state index contributed by atoms with van der Waals surface area (Å²) in [6.07, 6.45) is 7.20. The first kappa shape index (κ1) is 17.5. The van der Waals surface area contributed by atoms with E-state index < -0.39 is 0 Å². The van der Waals surface area contributed by atoms with Crippen LogP contribution in [0.4, 0.5) is 0 Å². The molecule has 0 unspecified atom stereocenters. The summed E-state index contributed by atoms with van der Waals surface area (Å²) in [6.45, 7) is 8.78. The van der Waals surface area contributed by atoms with Crippen molar-refractivity contribution in [3.8, 4) is 11.1 Å². The smallest absolute Gasteiger partial charge is 0.131 e. The molecule has 4 heteroatoms. The number of rotatable bonds is 6. The Bertz CT molecular complexity index is 1120. The predicted octanol–water partition coefficient (Wildman–Crippen LogP) is 5.28. The Morgan fingerprint density at radius 1 is 1.04 bits per heavy atom. The van der Waals surface area contributed by atoms with Gasteiger partial charge in [0, 0.05) is 40.5 Å². The van der Waals surface area contributed by atoms with Crippen molar-refractivity contribution < 1.29 is 4.52 Å². The third-order valence-electron chi connectivity index (χ3n) is 6.41. The van der Waals surface area contributed by atoms with E-state index in [2.05, 4.69) is 58.8 Å². The van der Waals surface area contributed by atoms with Crippen LogP contribution in [0.25, 0.3) is 32.9 Å². The van der Waals surface area contributed by atoms with Crippen molar-refractivity contribution in [2.75, 3.05) is 19.6 Å². The first-order valence-corrected chi connectivity index (χ1v) is 10.5. The molecule has 4 nitrogen and oxygen atoms in total. The number of benzene rings is 2. The van der Waals surface area contributed by atoms with E-state index in [1.807, 2.05) is 0 Å². The molecule has 2 aromatic carbocycles. The Balaban J connectivity index is 1.72. The monoisotopic (exact) mass is 373 g/mol. The van der Waals surface area contributed by atoms with Crippen LogP contribution in [0.5, 0.6) is 0 Å². The minimum atomic E-state index is 1.02. The molecule has 4 aromatic rings. The lowest BCUT2D eigenvalue weighted by atomic mass is 10.0. The zero-order valence-corrected chi connectivity index (χ0v) is 16.7.